The van der Waals surface area contributed by atoms with E-state index in [1.807, 2.05) is 0 Å². The van der Waals surface area contributed by atoms with Gasteiger partial charge in [-0.15, -0.1) is 0 Å². The van der Waals surface area contributed by atoms with Crippen molar-refractivity contribution in [1.29, 1.82) is 0 Å². The smallest absolute Gasteiger partial charge is 0.364 e. The number of unbranched alkanes of at least 4 members (excludes halogenated alkanes) is 2. The number of rotatable bonds is 19. The lowest BCUT2D eigenvalue weighted by Crippen LogP contribution is -2.53. The normalized spacial score (nSPS) is 14.0. The maximum Gasteiger partial charge on any atom is 0.364 e. The van der Waals surface area contributed by atoms with Gasteiger partial charge in [0.05, 0.1) is 12.3 Å². The second-order valence-corrected chi connectivity index (χ2v) is 13.7. The van der Waals surface area contributed by atoms with E-state index in [2.05, 4.69) is 40.4 Å². The minimum Gasteiger partial charge on any atom is -0.453 e. The predicted molar refractivity (Wildman–Crippen MR) is 187 cm³/mol. The number of carbonyl (C=O) groups excluding carboxylic acids is 6. The molecule has 2 atom stereocenters. The molecule has 0 aliphatic carbocycles. The van der Waals surface area contributed by atoms with Crippen LogP contribution in [-0.2, 0) is 50.2 Å². The summed E-state index contributed by atoms with van der Waals surface area (Å²) in [6, 6.07) is 2.80. The highest BCUT2D eigenvalue weighted by molar-refractivity contribution is 7.96. The van der Waals surface area contributed by atoms with E-state index in [9.17, 15) is 37.2 Å². The Morgan fingerprint density at radius 1 is 1.02 bits per heavy atom. The number of hydrogen-bond acceptors (Lipinski definition) is 10. The van der Waals surface area contributed by atoms with Gasteiger partial charge in [-0.1, -0.05) is 50.8 Å². The molecule has 1 aromatic rings. The molecule has 0 saturated carbocycles. The molecule has 1 aliphatic heterocycles. The van der Waals surface area contributed by atoms with Gasteiger partial charge in [-0.05, 0) is 50.3 Å². The number of anilines is 1. The Bertz CT molecular complexity index is 1600. The lowest BCUT2D eigenvalue weighted by Gasteiger charge is -2.24. The standard InChI is InChI=1S/C33H44N4O11S2/c1-22(2)30(36-28(39)10-5-4-6-15-37-20-27(38)13-14-29(37)40)32(42)34-23(3)31(41)35-26-12-11-25(21-48-33(43)49)24(19-26)9-7-16-47-17-8-18-50(44,45)46/h11-14,19,22-23,30H,4-6,8,10,15-18,20-21H2,1-3H3,(H,34,42)(H,35,41)(H,36,39)(H,43,49)(H,44,45,46)/t23-,30-/m0/s1. The van der Waals surface area contributed by atoms with Gasteiger partial charge in [0.1, 0.15) is 25.3 Å². The Balaban J connectivity index is 1.91. The van der Waals surface area contributed by atoms with E-state index >= 15 is 0 Å². The van der Waals surface area contributed by atoms with Gasteiger partial charge in [0.15, 0.2) is 5.78 Å². The molecule has 4 N–H and O–H groups in total. The van der Waals surface area contributed by atoms with Crippen LogP contribution in [0.3, 0.4) is 0 Å². The van der Waals surface area contributed by atoms with Crippen LogP contribution in [0.4, 0.5) is 10.5 Å². The highest BCUT2D eigenvalue weighted by Crippen LogP contribution is 2.17. The summed E-state index contributed by atoms with van der Waals surface area (Å²) < 4.78 is 40.6. The fourth-order valence-corrected chi connectivity index (χ4v) is 5.12. The van der Waals surface area contributed by atoms with Crippen LogP contribution in [0, 0.1) is 17.8 Å². The summed E-state index contributed by atoms with van der Waals surface area (Å²) >= 11 is 3.59. The molecule has 0 spiro atoms. The van der Waals surface area contributed by atoms with Crippen molar-refractivity contribution in [2.45, 2.75) is 71.6 Å². The van der Waals surface area contributed by atoms with Crippen molar-refractivity contribution in [2.24, 2.45) is 5.92 Å². The van der Waals surface area contributed by atoms with Gasteiger partial charge in [0.25, 0.3) is 10.1 Å². The second-order valence-electron chi connectivity index (χ2n) is 11.8. The molecule has 1 heterocycles. The van der Waals surface area contributed by atoms with Crippen LogP contribution in [0.2, 0.25) is 0 Å². The quantitative estimate of drug-likeness (QED) is 0.0456. The number of thiol groups is 1. The monoisotopic (exact) mass is 736 g/mol. The minimum absolute atomic E-state index is 0.0474. The van der Waals surface area contributed by atoms with E-state index in [0.717, 1.165) is 0 Å². The number of benzene rings is 1. The van der Waals surface area contributed by atoms with E-state index in [-0.39, 0.29) is 62.7 Å². The van der Waals surface area contributed by atoms with E-state index in [4.69, 9.17) is 14.0 Å². The fraction of sp³-hybridized carbons (Fsp3) is 0.515. The molecular formula is C33H44N4O11S2. The van der Waals surface area contributed by atoms with Gasteiger partial charge < -0.3 is 30.3 Å². The van der Waals surface area contributed by atoms with Crippen molar-refractivity contribution >= 4 is 63.1 Å². The van der Waals surface area contributed by atoms with Crippen molar-refractivity contribution in [3.8, 4) is 11.8 Å². The van der Waals surface area contributed by atoms with Crippen LogP contribution < -0.4 is 16.0 Å². The van der Waals surface area contributed by atoms with Crippen molar-refractivity contribution in [3.63, 3.8) is 0 Å². The Morgan fingerprint density at radius 2 is 1.76 bits per heavy atom. The molecule has 17 heteroatoms. The maximum absolute atomic E-state index is 13.1. The first kappa shape index (κ1) is 41.9. The van der Waals surface area contributed by atoms with Gasteiger partial charge in [0.2, 0.25) is 23.6 Å². The number of nitrogens with one attached hydrogen (secondary N) is 3. The van der Waals surface area contributed by atoms with Crippen molar-refractivity contribution in [3.05, 3.63) is 41.5 Å². The molecule has 50 heavy (non-hydrogen) atoms. The Morgan fingerprint density at radius 3 is 2.44 bits per heavy atom. The molecule has 4 amide bonds. The highest BCUT2D eigenvalue weighted by atomic mass is 32.2. The molecule has 2 rings (SSSR count). The molecule has 0 aromatic heterocycles. The van der Waals surface area contributed by atoms with Gasteiger partial charge in [-0.3, -0.25) is 28.5 Å². The number of ether oxygens (including phenoxy) is 2. The van der Waals surface area contributed by atoms with E-state index in [0.29, 0.717) is 42.6 Å². The average Bonchev–Trinajstić information content (AvgIpc) is 3.03. The molecule has 274 valence electrons. The largest absolute Gasteiger partial charge is 0.453 e. The van der Waals surface area contributed by atoms with Gasteiger partial charge in [0, 0.05) is 42.5 Å². The van der Waals surface area contributed by atoms with Crippen LogP contribution >= 0.6 is 12.6 Å². The van der Waals surface area contributed by atoms with E-state index < -0.39 is 45.1 Å². The summed E-state index contributed by atoms with van der Waals surface area (Å²) in [5.41, 5.74) is 1.23. The summed E-state index contributed by atoms with van der Waals surface area (Å²) in [4.78, 5) is 74.8. The molecule has 0 bridgehead atoms. The summed E-state index contributed by atoms with van der Waals surface area (Å²) in [5.74, 6) is 3.13. The summed E-state index contributed by atoms with van der Waals surface area (Å²) in [6.07, 6.45) is 4.55. The zero-order chi connectivity index (χ0) is 37.3. The zero-order valence-electron chi connectivity index (χ0n) is 28.2. The number of ketones is 1. The highest BCUT2D eigenvalue weighted by Gasteiger charge is 2.27. The molecule has 15 nitrogen and oxygen atoms in total. The topological polar surface area (TPSA) is 215 Å². The molecule has 1 aromatic carbocycles. The molecular weight excluding hydrogens is 693 g/mol. The van der Waals surface area contributed by atoms with E-state index in [1.54, 1.807) is 26.0 Å². The van der Waals surface area contributed by atoms with Gasteiger partial charge >= 0.3 is 5.30 Å². The first-order valence-corrected chi connectivity index (χ1v) is 18.0. The summed E-state index contributed by atoms with van der Waals surface area (Å²) in [7, 11) is -4.08. The van der Waals surface area contributed by atoms with Crippen LogP contribution in [0.1, 0.15) is 64.0 Å². The number of carbonyl (C=O) groups is 6. The molecule has 0 radical (unpaired) electrons. The predicted octanol–water partition coefficient (Wildman–Crippen LogP) is 2.01. The van der Waals surface area contributed by atoms with Crippen LogP contribution in [-0.4, -0.2) is 96.7 Å². The second kappa shape index (κ2) is 21.1. The Kier molecular flexibility index (Phi) is 17.7. The summed E-state index contributed by atoms with van der Waals surface area (Å²) in [5, 5.41) is 7.26. The van der Waals surface area contributed by atoms with Crippen molar-refractivity contribution < 1.29 is 51.2 Å². The minimum atomic E-state index is -4.08. The third kappa shape index (κ3) is 16.4. The number of amides is 4. The Hall–Kier alpha value is -4.24. The lowest BCUT2D eigenvalue weighted by atomic mass is 10.0. The summed E-state index contributed by atoms with van der Waals surface area (Å²) in [6.45, 7) is 5.32. The molecule has 0 unspecified atom stereocenters. The zero-order valence-corrected chi connectivity index (χ0v) is 29.9. The third-order valence-electron chi connectivity index (χ3n) is 7.24. The molecule has 1 aliphatic rings. The van der Waals surface area contributed by atoms with Gasteiger partial charge in [-0.2, -0.15) is 8.42 Å². The SMILES string of the molecule is CC(C)[C@H](NC(=O)CCCCCN1CC(=O)C=CC1=O)C(=O)N[C@@H](C)C(=O)Nc1ccc(COC(=O)S)c(C#CCOCCCS(=O)(=O)O)c1. The van der Waals surface area contributed by atoms with Crippen LogP contribution in [0.15, 0.2) is 30.4 Å². The van der Waals surface area contributed by atoms with Crippen LogP contribution in [0.25, 0.3) is 0 Å². The van der Waals surface area contributed by atoms with Crippen LogP contribution in [0.5, 0.6) is 0 Å². The average molecular weight is 737 g/mol. The van der Waals surface area contributed by atoms with Crippen molar-refractivity contribution in [2.75, 3.05) is 37.4 Å². The molecule has 0 fully saturated rings. The lowest BCUT2D eigenvalue weighted by molar-refractivity contribution is -0.132. The molecule has 0 saturated heterocycles. The number of nitrogens with zero attached hydrogens (tertiary/aromatic N) is 1. The first-order chi connectivity index (χ1) is 23.6. The van der Waals surface area contributed by atoms with E-state index in [1.165, 1.54) is 30.0 Å². The Labute approximate surface area is 297 Å². The fourth-order valence-electron chi connectivity index (χ4n) is 4.58. The van der Waals surface area contributed by atoms with Crippen molar-refractivity contribution in [1.82, 2.24) is 15.5 Å². The first-order valence-electron chi connectivity index (χ1n) is 16.0. The number of hydrogen-bond donors (Lipinski definition) is 5. The third-order valence-corrected chi connectivity index (χ3v) is 8.17. The van der Waals surface area contributed by atoms with Gasteiger partial charge in [-0.25, -0.2) is 4.79 Å². The maximum atomic E-state index is 13.1.